The highest BCUT2D eigenvalue weighted by molar-refractivity contribution is 5.85. The number of benzene rings is 2. The molecule has 2 aromatic carbocycles. The first-order valence-electron chi connectivity index (χ1n) is 7.43. The molecule has 0 saturated heterocycles. The van der Waals surface area contributed by atoms with Crippen LogP contribution in [0.1, 0.15) is 11.1 Å². The van der Waals surface area contributed by atoms with E-state index < -0.39 is 0 Å². The van der Waals surface area contributed by atoms with Crippen molar-refractivity contribution in [1.82, 2.24) is 5.43 Å². The number of ether oxygens (including phenoxy) is 2. The minimum Gasteiger partial charge on any atom is -0.504 e. The predicted octanol–water partition coefficient (Wildman–Crippen LogP) is 1.39. The molecule has 0 aromatic heterocycles. The van der Waals surface area contributed by atoms with E-state index in [0.29, 0.717) is 22.6 Å². The Morgan fingerprint density at radius 2 is 1.50 bits per heavy atom. The molecule has 136 valence electrons. The lowest BCUT2D eigenvalue weighted by Crippen LogP contribution is -2.26. The van der Waals surface area contributed by atoms with E-state index in [-0.39, 0.29) is 17.5 Å². The SMILES string of the molecule is COc1cc(/C=N\N=C(N)N/N=C\c2ccc(O)c(OC)c2)ccc1O. The van der Waals surface area contributed by atoms with Gasteiger partial charge >= 0.3 is 0 Å². The summed E-state index contributed by atoms with van der Waals surface area (Å²) < 4.78 is 10.0. The van der Waals surface area contributed by atoms with E-state index in [9.17, 15) is 10.2 Å². The third-order valence-corrected chi connectivity index (χ3v) is 3.17. The van der Waals surface area contributed by atoms with Gasteiger partial charge < -0.3 is 25.4 Å². The molecule has 0 aliphatic heterocycles. The van der Waals surface area contributed by atoms with E-state index in [1.807, 2.05) is 0 Å². The molecule has 0 amide bonds. The van der Waals surface area contributed by atoms with Gasteiger partial charge in [0.15, 0.2) is 23.0 Å². The number of rotatable bonds is 6. The van der Waals surface area contributed by atoms with Gasteiger partial charge in [-0.1, -0.05) is 0 Å². The molecule has 5 N–H and O–H groups in total. The van der Waals surface area contributed by atoms with Gasteiger partial charge in [-0.05, 0) is 47.5 Å². The number of hydrogen-bond acceptors (Lipinski definition) is 7. The Balaban J connectivity index is 1.95. The van der Waals surface area contributed by atoms with Crippen molar-refractivity contribution in [1.29, 1.82) is 0 Å². The van der Waals surface area contributed by atoms with Crippen molar-refractivity contribution >= 4 is 18.4 Å². The molecule has 0 aliphatic rings. The average molecular weight is 357 g/mol. The fourth-order valence-electron chi connectivity index (χ4n) is 1.90. The van der Waals surface area contributed by atoms with Crippen LogP contribution in [0.25, 0.3) is 0 Å². The highest BCUT2D eigenvalue weighted by atomic mass is 16.5. The van der Waals surface area contributed by atoms with E-state index in [2.05, 4.69) is 20.7 Å². The van der Waals surface area contributed by atoms with E-state index in [0.717, 1.165) is 0 Å². The topological polar surface area (TPSA) is 134 Å². The Morgan fingerprint density at radius 3 is 2.04 bits per heavy atom. The lowest BCUT2D eigenvalue weighted by Gasteiger charge is -2.03. The van der Waals surface area contributed by atoms with Crippen molar-refractivity contribution in [3.8, 4) is 23.0 Å². The molecular weight excluding hydrogens is 338 g/mol. The first-order chi connectivity index (χ1) is 12.5. The molecule has 0 heterocycles. The fraction of sp³-hybridized carbons (Fsp3) is 0.118. The van der Waals surface area contributed by atoms with Gasteiger partial charge in [-0.2, -0.15) is 10.2 Å². The number of aromatic hydroxyl groups is 2. The lowest BCUT2D eigenvalue weighted by molar-refractivity contribution is 0.373. The molecule has 9 nitrogen and oxygen atoms in total. The Labute approximate surface area is 150 Å². The number of phenols is 2. The molecule has 2 rings (SSSR count). The first kappa shape index (κ1) is 18.6. The summed E-state index contributed by atoms with van der Waals surface area (Å²) >= 11 is 0. The summed E-state index contributed by atoms with van der Waals surface area (Å²) in [5.74, 6) is 0.727. The minimum absolute atomic E-state index is 0.0195. The summed E-state index contributed by atoms with van der Waals surface area (Å²) in [6, 6.07) is 9.51. The van der Waals surface area contributed by atoms with Gasteiger partial charge in [0.2, 0.25) is 5.96 Å². The van der Waals surface area contributed by atoms with Gasteiger partial charge in [-0.3, -0.25) is 0 Å². The smallest absolute Gasteiger partial charge is 0.234 e. The number of guanidine groups is 1. The molecule has 0 unspecified atom stereocenters. The van der Waals surface area contributed by atoms with Crippen molar-refractivity contribution in [3.63, 3.8) is 0 Å². The number of nitrogens with zero attached hydrogens (tertiary/aromatic N) is 3. The average Bonchev–Trinajstić information content (AvgIpc) is 2.64. The van der Waals surface area contributed by atoms with Crippen LogP contribution in [0.4, 0.5) is 0 Å². The number of phenolic OH excluding ortho intramolecular Hbond substituents is 2. The highest BCUT2D eigenvalue weighted by Gasteiger charge is 2.01. The Hall–Kier alpha value is -3.75. The maximum Gasteiger partial charge on any atom is 0.234 e. The van der Waals surface area contributed by atoms with Gasteiger partial charge in [0, 0.05) is 0 Å². The second-order valence-electron chi connectivity index (χ2n) is 4.96. The zero-order valence-corrected chi connectivity index (χ0v) is 14.2. The van der Waals surface area contributed by atoms with Crippen molar-refractivity contribution < 1.29 is 19.7 Å². The monoisotopic (exact) mass is 357 g/mol. The molecule has 9 heteroatoms. The van der Waals surface area contributed by atoms with Crippen molar-refractivity contribution in [2.45, 2.75) is 0 Å². The van der Waals surface area contributed by atoms with Crippen LogP contribution in [-0.4, -0.2) is 42.8 Å². The maximum atomic E-state index is 9.53. The number of hydrazone groups is 1. The van der Waals surface area contributed by atoms with E-state index in [1.54, 1.807) is 24.3 Å². The second kappa shape index (κ2) is 8.92. The Kier molecular flexibility index (Phi) is 6.38. The second-order valence-corrected chi connectivity index (χ2v) is 4.96. The molecule has 0 saturated carbocycles. The number of nitrogens with one attached hydrogen (secondary N) is 1. The fourth-order valence-corrected chi connectivity index (χ4v) is 1.90. The van der Waals surface area contributed by atoms with Crippen LogP contribution in [0.2, 0.25) is 0 Å². The van der Waals surface area contributed by atoms with E-state index in [4.69, 9.17) is 15.2 Å². The normalized spacial score (nSPS) is 11.8. The van der Waals surface area contributed by atoms with Gasteiger partial charge in [-0.25, -0.2) is 5.43 Å². The van der Waals surface area contributed by atoms with Crippen molar-refractivity contribution in [2.24, 2.45) is 21.0 Å². The molecular formula is C17H19N5O4. The summed E-state index contributed by atoms with van der Waals surface area (Å²) in [4.78, 5) is 0. The first-order valence-corrected chi connectivity index (χ1v) is 7.43. The lowest BCUT2D eigenvalue weighted by atomic mass is 10.2. The van der Waals surface area contributed by atoms with Crippen LogP contribution in [0.15, 0.2) is 51.7 Å². The molecule has 0 fully saturated rings. The third-order valence-electron chi connectivity index (χ3n) is 3.17. The van der Waals surface area contributed by atoms with Crippen LogP contribution in [0.3, 0.4) is 0 Å². The number of methoxy groups -OCH3 is 2. The van der Waals surface area contributed by atoms with Crippen LogP contribution in [0, 0.1) is 0 Å². The van der Waals surface area contributed by atoms with Gasteiger partial charge in [-0.15, -0.1) is 5.10 Å². The third kappa shape index (κ3) is 5.13. The highest BCUT2D eigenvalue weighted by Crippen LogP contribution is 2.26. The molecule has 2 aromatic rings. The summed E-state index contributed by atoms with van der Waals surface area (Å²) in [5.41, 5.74) is 9.53. The molecule has 0 spiro atoms. The standard InChI is InChI=1S/C17H19N5O4/c1-25-15-7-11(3-5-13(15)23)9-19-21-17(18)22-20-10-12-4-6-14(24)16(8-12)26-2/h3-10,23-24H,1-2H3,(H3,18,21,22)/b19-9-,20-10-. The predicted molar refractivity (Wildman–Crippen MR) is 99.3 cm³/mol. The number of nitrogens with two attached hydrogens (primary N) is 1. The maximum absolute atomic E-state index is 9.53. The molecule has 0 bridgehead atoms. The van der Waals surface area contributed by atoms with E-state index in [1.165, 1.54) is 38.8 Å². The number of hydrogen-bond donors (Lipinski definition) is 4. The summed E-state index contributed by atoms with van der Waals surface area (Å²) in [6.07, 6.45) is 2.93. The largest absolute Gasteiger partial charge is 0.504 e. The van der Waals surface area contributed by atoms with Gasteiger partial charge in [0.1, 0.15) is 0 Å². The Bertz CT molecular complexity index is 849. The van der Waals surface area contributed by atoms with Crippen LogP contribution in [-0.2, 0) is 0 Å². The van der Waals surface area contributed by atoms with Crippen molar-refractivity contribution in [2.75, 3.05) is 14.2 Å². The van der Waals surface area contributed by atoms with Crippen molar-refractivity contribution in [3.05, 3.63) is 47.5 Å². The molecule has 0 atom stereocenters. The zero-order chi connectivity index (χ0) is 18.9. The van der Waals surface area contributed by atoms with Gasteiger partial charge in [0.05, 0.1) is 26.6 Å². The van der Waals surface area contributed by atoms with Crippen LogP contribution in [0.5, 0.6) is 23.0 Å². The van der Waals surface area contributed by atoms with Crippen LogP contribution < -0.4 is 20.6 Å². The molecule has 26 heavy (non-hydrogen) atoms. The molecule has 0 radical (unpaired) electrons. The zero-order valence-electron chi connectivity index (χ0n) is 14.2. The minimum atomic E-state index is -0.0195. The quantitative estimate of drug-likeness (QED) is 0.351. The summed E-state index contributed by atoms with van der Waals surface area (Å²) in [7, 11) is 2.91. The van der Waals surface area contributed by atoms with E-state index >= 15 is 0 Å². The Morgan fingerprint density at radius 1 is 0.962 bits per heavy atom. The van der Waals surface area contributed by atoms with Crippen LogP contribution >= 0.6 is 0 Å². The van der Waals surface area contributed by atoms with Gasteiger partial charge in [0.25, 0.3) is 0 Å². The molecule has 0 aliphatic carbocycles. The summed E-state index contributed by atoms with van der Waals surface area (Å²) in [6.45, 7) is 0. The summed E-state index contributed by atoms with van der Waals surface area (Å²) in [5, 5.41) is 30.5.